The molecule has 0 fully saturated rings. The molecular formula is C12H21N3O4. The normalized spacial score (nSPS) is 11.1. The van der Waals surface area contributed by atoms with E-state index < -0.39 is 6.29 Å². The lowest BCUT2D eigenvalue weighted by atomic mass is 10.1. The maximum Gasteiger partial charge on any atom is 0.324 e. The van der Waals surface area contributed by atoms with E-state index >= 15 is 0 Å². The van der Waals surface area contributed by atoms with Gasteiger partial charge in [-0.2, -0.15) is 0 Å². The predicted octanol–water partition coefficient (Wildman–Crippen LogP) is 1.88. The lowest BCUT2D eigenvalue weighted by molar-refractivity contribution is -0.108. The fourth-order valence-corrected chi connectivity index (χ4v) is 1.37. The van der Waals surface area contributed by atoms with Crippen LogP contribution in [0.4, 0.5) is 10.7 Å². The van der Waals surface area contributed by atoms with E-state index in [0.29, 0.717) is 12.4 Å². The Morgan fingerprint density at radius 2 is 2.11 bits per heavy atom. The van der Waals surface area contributed by atoms with Crippen LogP contribution in [0.15, 0.2) is 10.6 Å². The first-order valence-electron chi connectivity index (χ1n) is 6.02. The zero-order chi connectivity index (χ0) is 14.4. The number of aromatic nitrogens is 1. The number of methoxy groups -OCH3 is 2. The predicted molar refractivity (Wildman–Crippen MR) is 70.0 cm³/mol. The number of nitrogens with zero attached hydrogens (tertiary/aromatic N) is 2. The molecule has 2 amide bonds. The summed E-state index contributed by atoms with van der Waals surface area (Å²) in [4.78, 5) is 13.3. The van der Waals surface area contributed by atoms with Crippen molar-refractivity contribution in [1.82, 2.24) is 10.1 Å². The van der Waals surface area contributed by atoms with Crippen molar-refractivity contribution < 1.29 is 18.8 Å². The molecule has 0 radical (unpaired) electrons. The molecule has 0 aliphatic carbocycles. The molecule has 7 heteroatoms. The van der Waals surface area contributed by atoms with Crippen molar-refractivity contribution in [3.8, 4) is 0 Å². The van der Waals surface area contributed by atoms with E-state index in [0.717, 1.165) is 5.69 Å². The van der Waals surface area contributed by atoms with Gasteiger partial charge in [-0.1, -0.05) is 19.0 Å². The quantitative estimate of drug-likeness (QED) is 0.799. The van der Waals surface area contributed by atoms with E-state index in [1.54, 1.807) is 13.1 Å². The number of anilines is 1. The first-order valence-corrected chi connectivity index (χ1v) is 6.02. The number of likely N-dealkylation sites (N-methyl/N-ethyl adjacent to an activating group) is 1. The van der Waals surface area contributed by atoms with Gasteiger partial charge < -0.3 is 18.9 Å². The summed E-state index contributed by atoms with van der Waals surface area (Å²) in [6.45, 7) is 4.30. The Balaban J connectivity index is 2.53. The lowest BCUT2D eigenvalue weighted by Gasteiger charge is -2.21. The first kappa shape index (κ1) is 15.5. The van der Waals surface area contributed by atoms with Crippen LogP contribution < -0.4 is 5.32 Å². The fraction of sp³-hybridized carbons (Fsp3) is 0.667. The lowest BCUT2D eigenvalue weighted by Crippen LogP contribution is -2.38. The molecule has 0 aliphatic rings. The average Bonchev–Trinajstić information content (AvgIpc) is 2.84. The monoisotopic (exact) mass is 271 g/mol. The van der Waals surface area contributed by atoms with Gasteiger partial charge in [0.15, 0.2) is 6.29 Å². The molecule has 0 spiro atoms. The summed E-state index contributed by atoms with van der Waals surface area (Å²) in [6.07, 6.45) is -0.461. The summed E-state index contributed by atoms with van der Waals surface area (Å²) in [5.41, 5.74) is 0.796. The van der Waals surface area contributed by atoms with Crippen LogP contribution in [0.3, 0.4) is 0 Å². The summed E-state index contributed by atoms with van der Waals surface area (Å²) < 4.78 is 15.1. The van der Waals surface area contributed by atoms with Gasteiger partial charge in [-0.25, -0.2) is 4.79 Å². The summed E-state index contributed by atoms with van der Waals surface area (Å²) >= 11 is 0. The molecule has 108 valence electrons. The van der Waals surface area contributed by atoms with E-state index in [4.69, 9.17) is 14.0 Å². The SMILES string of the molecule is COC(CN(C)C(=O)Nc1cc(C(C)C)no1)OC. The van der Waals surface area contributed by atoms with Crippen molar-refractivity contribution in [2.45, 2.75) is 26.1 Å². The Kier molecular flexibility index (Phi) is 5.78. The number of amides is 2. The van der Waals surface area contributed by atoms with Gasteiger partial charge in [0.25, 0.3) is 0 Å². The maximum atomic E-state index is 11.9. The fourth-order valence-electron chi connectivity index (χ4n) is 1.37. The van der Waals surface area contributed by atoms with Crippen LogP contribution in [-0.4, -0.2) is 50.2 Å². The van der Waals surface area contributed by atoms with Gasteiger partial charge in [0.05, 0.1) is 12.2 Å². The number of hydrogen-bond acceptors (Lipinski definition) is 5. The molecule has 1 rings (SSSR count). The van der Waals surface area contributed by atoms with Gasteiger partial charge in [0, 0.05) is 27.3 Å². The molecule has 0 saturated heterocycles. The number of ether oxygens (including phenoxy) is 2. The topological polar surface area (TPSA) is 76.8 Å². The van der Waals surface area contributed by atoms with Crippen LogP contribution in [-0.2, 0) is 9.47 Å². The third-order valence-electron chi connectivity index (χ3n) is 2.65. The molecule has 19 heavy (non-hydrogen) atoms. The highest BCUT2D eigenvalue weighted by atomic mass is 16.7. The molecule has 0 bridgehead atoms. The summed E-state index contributed by atoms with van der Waals surface area (Å²) in [5.74, 6) is 0.574. The molecule has 0 unspecified atom stereocenters. The Bertz CT molecular complexity index is 401. The molecule has 1 N–H and O–H groups in total. The van der Waals surface area contributed by atoms with Crippen molar-refractivity contribution in [3.05, 3.63) is 11.8 Å². The highest BCUT2D eigenvalue weighted by Gasteiger charge is 2.16. The van der Waals surface area contributed by atoms with Crippen LogP contribution in [0, 0.1) is 0 Å². The van der Waals surface area contributed by atoms with Gasteiger partial charge in [-0.05, 0) is 5.92 Å². The van der Waals surface area contributed by atoms with Crippen molar-refractivity contribution >= 4 is 11.9 Å². The second-order valence-corrected chi connectivity index (χ2v) is 4.48. The molecule has 1 aromatic heterocycles. The van der Waals surface area contributed by atoms with E-state index in [-0.39, 0.29) is 11.9 Å². The molecule has 0 saturated carbocycles. The molecule has 0 aromatic carbocycles. The second kappa shape index (κ2) is 7.10. The summed E-state index contributed by atoms with van der Waals surface area (Å²) in [7, 11) is 4.68. The van der Waals surface area contributed by atoms with Crippen LogP contribution in [0.25, 0.3) is 0 Å². The highest BCUT2D eigenvalue weighted by Crippen LogP contribution is 2.17. The third-order valence-corrected chi connectivity index (χ3v) is 2.65. The minimum atomic E-state index is -0.461. The van der Waals surface area contributed by atoms with E-state index in [1.807, 2.05) is 13.8 Å². The average molecular weight is 271 g/mol. The van der Waals surface area contributed by atoms with Crippen molar-refractivity contribution in [2.24, 2.45) is 0 Å². The van der Waals surface area contributed by atoms with Gasteiger partial charge in [-0.15, -0.1) is 0 Å². The number of urea groups is 1. The van der Waals surface area contributed by atoms with Gasteiger partial charge in [0.1, 0.15) is 0 Å². The number of carbonyl (C=O) groups excluding carboxylic acids is 1. The zero-order valence-electron chi connectivity index (χ0n) is 12.0. The summed E-state index contributed by atoms with van der Waals surface area (Å²) in [6, 6.07) is 1.39. The Labute approximate surface area is 112 Å². The number of carbonyl (C=O) groups is 1. The standard InChI is InChI=1S/C12H21N3O4/c1-8(2)9-6-10(19-14-9)13-12(16)15(3)7-11(17-4)18-5/h6,8,11H,7H2,1-5H3,(H,13,16). The molecule has 1 aromatic rings. The zero-order valence-corrected chi connectivity index (χ0v) is 12.0. The molecular weight excluding hydrogens is 250 g/mol. The van der Waals surface area contributed by atoms with Crippen LogP contribution in [0.5, 0.6) is 0 Å². The largest absolute Gasteiger partial charge is 0.354 e. The minimum absolute atomic E-state index is 0.249. The Hall–Kier alpha value is -1.60. The van der Waals surface area contributed by atoms with E-state index in [2.05, 4.69) is 10.5 Å². The van der Waals surface area contributed by atoms with Crippen molar-refractivity contribution in [3.63, 3.8) is 0 Å². The second-order valence-electron chi connectivity index (χ2n) is 4.48. The van der Waals surface area contributed by atoms with Crippen LogP contribution in [0.2, 0.25) is 0 Å². The summed E-state index contributed by atoms with van der Waals surface area (Å²) in [5, 5.41) is 6.48. The Morgan fingerprint density at radius 1 is 1.47 bits per heavy atom. The maximum absolute atomic E-state index is 11.9. The molecule has 1 heterocycles. The van der Waals surface area contributed by atoms with Crippen LogP contribution >= 0.6 is 0 Å². The van der Waals surface area contributed by atoms with E-state index in [9.17, 15) is 4.79 Å². The first-order chi connectivity index (χ1) is 8.97. The molecule has 7 nitrogen and oxygen atoms in total. The van der Waals surface area contributed by atoms with Crippen molar-refractivity contribution in [1.29, 1.82) is 0 Å². The van der Waals surface area contributed by atoms with E-state index in [1.165, 1.54) is 19.1 Å². The minimum Gasteiger partial charge on any atom is -0.354 e. The van der Waals surface area contributed by atoms with Gasteiger partial charge in [-0.3, -0.25) is 5.32 Å². The smallest absolute Gasteiger partial charge is 0.324 e. The number of hydrogen-bond donors (Lipinski definition) is 1. The molecule has 0 atom stereocenters. The number of rotatable bonds is 6. The Morgan fingerprint density at radius 3 is 2.58 bits per heavy atom. The highest BCUT2D eigenvalue weighted by molar-refractivity contribution is 5.87. The third kappa shape index (κ3) is 4.53. The molecule has 0 aliphatic heterocycles. The van der Waals surface area contributed by atoms with Gasteiger partial charge in [0.2, 0.25) is 5.88 Å². The number of nitrogens with one attached hydrogen (secondary N) is 1. The van der Waals surface area contributed by atoms with Gasteiger partial charge >= 0.3 is 6.03 Å². The van der Waals surface area contributed by atoms with Crippen LogP contribution in [0.1, 0.15) is 25.5 Å². The van der Waals surface area contributed by atoms with Crippen molar-refractivity contribution in [2.75, 3.05) is 33.1 Å².